The first kappa shape index (κ1) is 18.8. The van der Waals surface area contributed by atoms with Crippen molar-refractivity contribution in [2.24, 2.45) is 0 Å². The number of anilines is 1. The van der Waals surface area contributed by atoms with E-state index in [2.05, 4.69) is 25.2 Å². The first-order valence-corrected chi connectivity index (χ1v) is 9.24. The zero-order valence-corrected chi connectivity index (χ0v) is 15.7. The van der Waals surface area contributed by atoms with Crippen molar-refractivity contribution in [2.45, 2.75) is 13.2 Å². The van der Waals surface area contributed by atoms with Gasteiger partial charge in [-0.3, -0.25) is 4.79 Å². The summed E-state index contributed by atoms with van der Waals surface area (Å²) in [4.78, 5) is 24.9. The molecule has 0 spiro atoms. The number of carbonyl (C=O) groups is 1. The van der Waals surface area contributed by atoms with Crippen LogP contribution in [0.5, 0.6) is 5.75 Å². The topological polar surface area (TPSA) is 89.3 Å². The summed E-state index contributed by atoms with van der Waals surface area (Å²) < 4.78 is 20.2. The minimum Gasteiger partial charge on any atom is -0.487 e. The van der Waals surface area contributed by atoms with Crippen LogP contribution in [0.2, 0.25) is 0 Å². The smallest absolute Gasteiger partial charge is 0.244 e. The Morgan fingerprint density at radius 1 is 1.10 bits per heavy atom. The molecule has 1 aliphatic heterocycles. The molecule has 9 nitrogen and oxygen atoms in total. The molecular formula is C19H20FN7O2. The molecule has 0 atom stereocenters. The number of amides is 1. The van der Waals surface area contributed by atoms with Gasteiger partial charge in [0.25, 0.3) is 0 Å². The predicted molar refractivity (Wildman–Crippen MR) is 102 cm³/mol. The third kappa shape index (κ3) is 4.84. The van der Waals surface area contributed by atoms with Crippen molar-refractivity contribution in [1.82, 2.24) is 29.9 Å². The van der Waals surface area contributed by atoms with Gasteiger partial charge in [-0.25, -0.2) is 19.0 Å². The van der Waals surface area contributed by atoms with E-state index in [-0.39, 0.29) is 24.9 Å². The highest BCUT2D eigenvalue weighted by atomic mass is 19.1. The van der Waals surface area contributed by atoms with Crippen LogP contribution in [0.15, 0.2) is 48.9 Å². The Hall–Kier alpha value is -3.56. The van der Waals surface area contributed by atoms with Crippen LogP contribution in [0.3, 0.4) is 0 Å². The molecule has 10 heteroatoms. The van der Waals surface area contributed by atoms with Crippen LogP contribution in [0, 0.1) is 5.82 Å². The monoisotopic (exact) mass is 397 g/mol. The molecule has 2 aromatic heterocycles. The molecule has 1 fully saturated rings. The van der Waals surface area contributed by atoms with Crippen LogP contribution in [-0.4, -0.2) is 61.9 Å². The Kier molecular flexibility index (Phi) is 5.59. The summed E-state index contributed by atoms with van der Waals surface area (Å²) in [7, 11) is 0. The SMILES string of the molecule is O=C(Cn1cc(COc2cccc(F)c2)nn1)N1CCN(c2ncccn2)CC1. The lowest BCUT2D eigenvalue weighted by molar-refractivity contribution is -0.132. The summed E-state index contributed by atoms with van der Waals surface area (Å²) in [6.45, 7) is 2.81. The second-order valence-corrected chi connectivity index (χ2v) is 6.57. The van der Waals surface area contributed by atoms with Gasteiger partial charge in [0, 0.05) is 44.6 Å². The molecule has 0 bridgehead atoms. The average Bonchev–Trinajstić information content (AvgIpc) is 3.20. The minimum atomic E-state index is -0.365. The van der Waals surface area contributed by atoms with Gasteiger partial charge in [0.15, 0.2) is 0 Å². The Balaban J connectivity index is 1.26. The second kappa shape index (κ2) is 8.63. The maximum atomic E-state index is 13.2. The number of halogens is 1. The Morgan fingerprint density at radius 2 is 1.90 bits per heavy atom. The van der Waals surface area contributed by atoms with Gasteiger partial charge in [-0.05, 0) is 18.2 Å². The highest BCUT2D eigenvalue weighted by Crippen LogP contribution is 2.14. The standard InChI is InChI=1S/C19H20FN7O2/c20-15-3-1-4-17(11-15)29-14-16-12-27(24-23-16)13-18(28)25-7-9-26(10-8-25)19-21-5-2-6-22-19/h1-6,11-12H,7-10,13-14H2. The number of benzene rings is 1. The fourth-order valence-electron chi connectivity index (χ4n) is 3.04. The van der Waals surface area contributed by atoms with Crippen LogP contribution < -0.4 is 9.64 Å². The molecule has 4 rings (SSSR count). The fraction of sp³-hybridized carbons (Fsp3) is 0.316. The molecule has 0 N–H and O–H groups in total. The number of piperazine rings is 1. The van der Waals surface area contributed by atoms with Gasteiger partial charge in [0.05, 0.1) is 6.20 Å². The minimum absolute atomic E-state index is 0.0267. The molecule has 1 aliphatic rings. The van der Waals surface area contributed by atoms with Gasteiger partial charge >= 0.3 is 0 Å². The number of hydrogen-bond acceptors (Lipinski definition) is 7. The fourth-order valence-corrected chi connectivity index (χ4v) is 3.04. The number of hydrogen-bond donors (Lipinski definition) is 0. The molecule has 3 aromatic rings. The van der Waals surface area contributed by atoms with Crippen LogP contribution in [-0.2, 0) is 17.9 Å². The van der Waals surface area contributed by atoms with Gasteiger partial charge in [-0.1, -0.05) is 11.3 Å². The molecule has 150 valence electrons. The third-order valence-corrected chi connectivity index (χ3v) is 4.53. The summed E-state index contributed by atoms with van der Waals surface area (Å²) in [5.74, 6) is 0.700. The van der Waals surface area contributed by atoms with Crippen molar-refractivity contribution in [2.75, 3.05) is 31.1 Å². The first-order chi connectivity index (χ1) is 14.2. The lowest BCUT2D eigenvalue weighted by Crippen LogP contribution is -2.50. The molecule has 1 aromatic carbocycles. The van der Waals surface area contributed by atoms with E-state index in [1.807, 2.05) is 0 Å². The second-order valence-electron chi connectivity index (χ2n) is 6.57. The van der Waals surface area contributed by atoms with Crippen molar-refractivity contribution in [3.05, 3.63) is 60.4 Å². The Morgan fingerprint density at radius 3 is 2.66 bits per heavy atom. The number of aromatic nitrogens is 5. The number of rotatable bonds is 6. The summed E-state index contributed by atoms with van der Waals surface area (Å²) in [5.41, 5.74) is 0.563. The van der Waals surface area contributed by atoms with Crippen LogP contribution in [0.4, 0.5) is 10.3 Å². The zero-order valence-electron chi connectivity index (χ0n) is 15.7. The van der Waals surface area contributed by atoms with E-state index >= 15 is 0 Å². The van der Waals surface area contributed by atoms with Crippen LogP contribution in [0.1, 0.15) is 5.69 Å². The van der Waals surface area contributed by atoms with Crippen molar-refractivity contribution >= 4 is 11.9 Å². The lowest BCUT2D eigenvalue weighted by Gasteiger charge is -2.34. The molecular weight excluding hydrogens is 377 g/mol. The molecule has 1 amide bonds. The van der Waals surface area contributed by atoms with Crippen molar-refractivity contribution in [3.8, 4) is 5.75 Å². The van der Waals surface area contributed by atoms with E-state index in [1.54, 1.807) is 41.7 Å². The zero-order chi connectivity index (χ0) is 20.1. The van der Waals surface area contributed by atoms with Crippen LogP contribution >= 0.6 is 0 Å². The van der Waals surface area contributed by atoms with Gasteiger partial charge in [-0.15, -0.1) is 5.10 Å². The number of ether oxygens (including phenoxy) is 1. The van der Waals surface area contributed by atoms with Gasteiger partial charge in [0.1, 0.15) is 30.4 Å². The summed E-state index contributed by atoms with van der Waals surface area (Å²) in [5, 5.41) is 7.98. The number of nitrogens with zero attached hydrogens (tertiary/aromatic N) is 7. The van der Waals surface area contributed by atoms with E-state index in [0.29, 0.717) is 43.6 Å². The van der Waals surface area contributed by atoms with Gasteiger partial charge in [-0.2, -0.15) is 0 Å². The average molecular weight is 397 g/mol. The molecule has 29 heavy (non-hydrogen) atoms. The van der Waals surface area contributed by atoms with Crippen molar-refractivity contribution < 1.29 is 13.9 Å². The highest BCUT2D eigenvalue weighted by molar-refractivity contribution is 5.76. The molecule has 0 radical (unpaired) electrons. The number of carbonyl (C=O) groups excluding carboxylic acids is 1. The molecule has 3 heterocycles. The van der Waals surface area contributed by atoms with E-state index in [1.165, 1.54) is 16.8 Å². The Labute approximate surface area is 166 Å². The maximum Gasteiger partial charge on any atom is 0.244 e. The molecule has 0 unspecified atom stereocenters. The third-order valence-electron chi connectivity index (χ3n) is 4.53. The lowest BCUT2D eigenvalue weighted by atomic mass is 10.3. The molecule has 0 saturated carbocycles. The van der Waals surface area contributed by atoms with E-state index < -0.39 is 0 Å². The van der Waals surface area contributed by atoms with Crippen LogP contribution in [0.25, 0.3) is 0 Å². The van der Waals surface area contributed by atoms with Crippen molar-refractivity contribution in [3.63, 3.8) is 0 Å². The van der Waals surface area contributed by atoms with E-state index in [9.17, 15) is 9.18 Å². The van der Waals surface area contributed by atoms with Gasteiger partial charge < -0.3 is 14.5 Å². The first-order valence-electron chi connectivity index (χ1n) is 9.24. The summed E-state index contributed by atoms with van der Waals surface area (Å²) in [6, 6.07) is 7.66. The summed E-state index contributed by atoms with van der Waals surface area (Å²) >= 11 is 0. The molecule has 1 saturated heterocycles. The summed E-state index contributed by atoms with van der Waals surface area (Å²) in [6.07, 6.45) is 5.07. The quantitative estimate of drug-likeness (QED) is 0.616. The highest BCUT2D eigenvalue weighted by Gasteiger charge is 2.22. The predicted octanol–water partition coefficient (Wildman–Crippen LogP) is 1.14. The normalized spacial score (nSPS) is 14.1. The Bertz CT molecular complexity index is 958. The largest absolute Gasteiger partial charge is 0.487 e. The molecule has 0 aliphatic carbocycles. The van der Waals surface area contributed by atoms with E-state index in [4.69, 9.17) is 4.74 Å². The maximum absolute atomic E-state index is 13.2. The van der Waals surface area contributed by atoms with Crippen molar-refractivity contribution in [1.29, 1.82) is 0 Å². The van der Waals surface area contributed by atoms with Gasteiger partial charge in [0.2, 0.25) is 11.9 Å². The van der Waals surface area contributed by atoms with E-state index in [0.717, 1.165) is 0 Å².